The van der Waals surface area contributed by atoms with Crippen LogP contribution in [0.3, 0.4) is 0 Å². The second-order valence-corrected chi connectivity index (χ2v) is 1.18. The van der Waals surface area contributed by atoms with Crippen molar-refractivity contribution >= 4 is 0 Å². The van der Waals surface area contributed by atoms with E-state index in [0.717, 1.165) is 6.42 Å². The van der Waals surface area contributed by atoms with Gasteiger partial charge in [-0.3, -0.25) is 4.39 Å². The first-order chi connectivity index (χ1) is 2.91. The van der Waals surface area contributed by atoms with Crippen LogP contribution in [0, 0.1) is 0 Å². The molecule has 0 bridgehead atoms. The smallest absolute Gasteiger partial charge is 0.0894 e. The normalized spacial score (nSPS) is 6.00. The molecule has 0 spiro atoms. The summed E-state index contributed by atoms with van der Waals surface area (Å²) >= 11 is 0. The van der Waals surface area contributed by atoms with Crippen molar-refractivity contribution in [1.29, 1.82) is 0 Å². The standard InChI is InChI=1S/C4H10FN.3H2O/c5-3-1-2-4-6;;;/h1-4,6H2;3*1H2. The third-order valence-corrected chi connectivity index (χ3v) is 0.588. The molecule has 0 aliphatic heterocycles. The molecule has 0 heterocycles. The minimum Gasteiger partial charge on any atom is -0.412 e. The molecule has 4 nitrogen and oxygen atoms in total. The molecule has 9 heavy (non-hydrogen) atoms. The zero-order valence-corrected chi connectivity index (χ0v) is 5.28. The van der Waals surface area contributed by atoms with E-state index < -0.39 is 0 Å². The van der Waals surface area contributed by atoms with Crippen molar-refractivity contribution in [3.8, 4) is 0 Å². The van der Waals surface area contributed by atoms with Gasteiger partial charge in [0.15, 0.2) is 0 Å². The zero-order chi connectivity index (χ0) is 4.83. The highest BCUT2D eigenvalue weighted by atomic mass is 19.1. The van der Waals surface area contributed by atoms with Crippen LogP contribution < -0.4 is 5.73 Å². The van der Waals surface area contributed by atoms with E-state index in [1.165, 1.54) is 0 Å². The van der Waals surface area contributed by atoms with Crippen molar-refractivity contribution in [3.63, 3.8) is 0 Å². The Labute approximate surface area is 53.8 Å². The van der Waals surface area contributed by atoms with E-state index >= 15 is 0 Å². The molecule has 8 N–H and O–H groups in total. The quantitative estimate of drug-likeness (QED) is 0.464. The fourth-order valence-corrected chi connectivity index (χ4v) is 0.239. The van der Waals surface area contributed by atoms with Crippen LogP contribution in [-0.2, 0) is 0 Å². The molecule has 0 fully saturated rings. The van der Waals surface area contributed by atoms with E-state index in [-0.39, 0.29) is 23.1 Å². The fourth-order valence-electron chi connectivity index (χ4n) is 0.239. The van der Waals surface area contributed by atoms with Gasteiger partial charge in [-0.2, -0.15) is 0 Å². The summed E-state index contributed by atoms with van der Waals surface area (Å²) in [6, 6.07) is 0. The van der Waals surface area contributed by atoms with Crippen LogP contribution >= 0.6 is 0 Å². The average molecular weight is 145 g/mol. The third kappa shape index (κ3) is 33.7. The molecule has 0 radical (unpaired) electrons. The lowest BCUT2D eigenvalue weighted by Gasteiger charge is -1.84. The van der Waals surface area contributed by atoms with Gasteiger partial charge in [-0.15, -0.1) is 0 Å². The molecule has 0 saturated carbocycles. The minimum absolute atomic E-state index is 0. The Hall–Kier alpha value is -0.230. The van der Waals surface area contributed by atoms with Gasteiger partial charge in [0.05, 0.1) is 6.67 Å². The Morgan fingerprint density at radius 2 is 1.44 bits per heavy atom. The monoisotopic (exact) mass is 145 g/mol. The van der Waals surface area contributed by atoms with Crippen molar-refractivity contribution in [2.75, 3.05) is 13.2 Å². The lowest BCUT2D eigenvalue weighted by molar-refractivity contribution is 0.464. The molecule has 0 aliphatic rings. The van der Waals surface area contributed by atoms with E-state index in [1.807, 2.05) is 0 Å². The van der Waals surface area contributed by atoms with Crippen LogP contribution in [0.4, 0.5) is 4.39 Å². The molecule has 0 saturated heterocycles. The summed E-state index contributed by atoms with van der Waals surface area (Å²) in [5.41, 5.74) is 5.05. The summed E-state index contributed by atoms with van der Waals surface area (Å²) in [5, 5.41) is 0. The van der Waals surface area contributed by atoms with Gasteiger partial charge in [0.1, 0.15) is 0 Å². The molecular weight excluding hydrogens is 129 g/mol. The highest BCUT2D eigenvalue weighted by Gasteiger charge is 1.78. The van der Waals surface area contributed by atoms with Crippen LogP contribution in [0.1, 0.15) is 12.8 Å². The van der Waals surface area contributed by atoms with Crippen molar-refractivity contribution in [1.82, 2.24) is 0 Å². The minimum atomic E-state index is -0.225. The van der Waals surface area contributed by atoms with Gasteiger partial charge >= 0.3 is 0 Å². The molecule has 0 atom stereocenters. The van der Waals surface area contributed by atoms with E-state index in [1.54, 1.807) is 0 Å². The first-order valence-corrected chi connectivity index (χ1v) is 2.18. The van der Waals surface area contributed by atoms with Gasteiger partial charge in [-0.25, -0.2) is 0 Å². The Morgan fingerprint density at radius 1 is 1.00 bits per heavy atom. The lowest BCUT2D eigenvalue weighted by atomic mass is 10.3. The van der Waals surface area contributed by atoms with E-state index in [2.05, 4.69) is 0 Å². The van der Waals surface area contributed by atoms with Crippen molar-refractivity contribution in [2.24, 2.45) is 5.73 Å². The number of hydrogen-bond acceptors (Lipinski definition) is 1. The number of nitrogens with two attached hydrogens (primary N) is 1. The zero-order valence-electron chi connectivity index (χ0n) is 5.28. The SMILES string of the molecule is NCCCCF.O.O.O. The highest BCUT2D eigenvalue weighted by Crippen LogP contribution is 1.83. The summed E-state index contributed by atoms with van der Waals surface area (Å²) in [7, 11) is 0. The maximum Gasteiger partial charge on any atom is 0.0894 e. The molecular formula is C4H16FNO3. The molecule has 0 aromatic carbocycles. The predicted molar refractivity (Wildman–Crippen MR) is 35.1 cm³/mol. The summed E-state index contributed by atoms with van der Waals surface area (Å²) in [6.07, 6.45) is 1.44. The van der Waals surface area contributed by atoms with Crippen LogP contribution in [0.15, 0.2) is 0 Å². The van der Waals surface area contributed by atoms with Gasteiger partial charge in [0.2, 0.25) is 0 Å². The van der Waals surface area contributed by atoms with Gasteiger partial charge in [-0.05, 0) is 19.4 Å². The maximum absolute atomic E-state index is 11.1. The molecule has 0 unspecified atom stereocenters. The predicted octanol–water partition coefficient (Wildman–Crippen LogP) is -1.78. The number of rotatable bonds is 3. The third-order valence-electron chi connectivity index (χ3n) is 0.588. The maximum atomic E-state index is 11.1. The van der Waals surface area contributed by atoms with Gasteiger partial charge in [0, 0.05) is 0 Å². The Balaban J connectivity index is -0.0000000417. The van der Waals surface area contributed by atoms with Gasteiger partial charge in [0.25, 0.3) is 0 Å². The van der Waals surface area contributed by atoms with Gasteiger partial charge in [-0.1, -0.05) is 0 Å². The number of halogens is 1. The number of alkyl halides is 1. The second kappa shape index (κ2) is 25.1. The first kappa shape index (κ1) is 23.3. The van der Waals surface area contributed by atoms with E-state index in [4.69, 9.17) is 5.73 Å². The summed E-state index contributed by atoms with van der Waals surface area (Å²) in [6.45, 7) is 0.390. The average Bonchev–Trinajstić information content (AvgIpc) is 1.61. The molecule has 0 aromatic heterocycles. The van der Waals surface area contributed by atoms with E-state index in [9.17, 15) is 4.39 Å². The van der Waals surface area contributed by atoms with Crippen LogP contribution in [0.2, 0.25) is 0 Å². The molecule has 0 aromatic rings. The number of unbranched alkanes of at least 4 members (excludes halogenated alkanes) is 1. The summed E-state index contributed by atoms with van der Waals surface area (Å²) in [5.74, 6) is 0. The fraction of sp³-hybridized carbons (Fsp3) is 1.00. The molecule has 62 valence electrons. The van der Waals surface area contributed by atoms with Crippen LogP contribution in [0.25, 0.3) is 0 Å². The van der Waals surface area contributed by atoms with Crippen molar-refractivity contribution in [2.45, 2.75) is 12.8 Å². The molecule has 0 rings (SSSR count). The van der Waals surface area contributed by atoms with E-state index in [0.29, 0.717) is 13.0 Å². The molecule has 0 aliphatic carbocycles. The summed E-state index contributed by atoms with van der Waals surface area (Å²) < 4.78 is 11.1. The Morgan fingerprint density at radius 3 is 1.56 bits per heavy atom. The lowest BCUT2D eigenvalue weighted by Crippen LogP contribution is -1.97. The first-order valence-electron chi connectivity index (χ1n) is 2.18. The van der Waals surface area contributed by atoms with Crippen LogP contribution in [-0.4, -0.2) is 29.6 Å². The Kier molecular flexibility index (Phi) is 64.8. The molecule has 0 amide bonds. The second-order valence-electron chi connectivity index (χ2n) is 1.18. The van der Waals surface area contributed by atoms with Crippen LogP contribution in [0.5, 0.6) is 0 Å². The van der Waals surface area contributed by atoms with Gasteiger partial charge < -0.3 is 22.2 Å². The summed E-state index contributed by atoms with van der Waals surface area (Å²) in [4.78, 5) is 0. The molecule has 5 heteroatoms. The Bertz CT molecular complexity index is 27.8. The highest BCUT2D eigenvalue weighted by molar-refractivity contribution is 4.35. The van der Waals surface area contributed by atoms with Crippen molar-refractivity contribution < 1.29 is 20.8 Å². The van der Waals surface area contributed by atoms with Crippen molar-refractivity contribution in [3.05, 3.63) is 0 Å². The number of hydrogen-bond donors (Lipinski definition) is 1. The largest absolute Gasteiger partial charge is 0.412 e. The topological polar surface area (TPSA) is 121 Å².